The Labute approximate surface area is 93.8 Å². The van der Waals surface area contributed by atoms with Crippen LogP contribution in [0.1, 0.15) is 9.75 Å². The van der Waals surface area contributed by atoms with E-state index in [-0.39, 0.29) is 6.04 Å². The first kappa shape index (κ1) is 11.1. The summed E-state index contributed by atoms with van der Waals surface area (Å²) >= 11 is 1.51. The van der Waals surface area contributed by atoms with E-state index in [4.69, 9.17) is 0 Å². The molecule has 4 nitrogen and oxygen atoms in total. The lowest BCUT2D eigenvalue weighted by Gasteiger charge is -2.27. The second-order valence-corrected chi connectivity index (χ2v) is 6.90. The summed E-state index contributed by atoms with van der Waals surface area (Å²) in [4.78, 5) is 2.31. The molecule has 0 unspecified atom stereocenters. The lowest BCUT2D eigenvalue weighted by atomic mass is 10.2. The molecule has 0 atom stereocenters. The van der Waals surface area contributed by atoms with Gasteiger partial charge in [-0.05, 0) is 19.9 Å². The number of hydrogen-bond donors (Lipinski definition) is 2. The Morgan fingerprint density at radius 3 is 2.53 bits per heavy atom. The molecule has 1 aromatic heterocycles. The lowest BCUT2D eigenvalue weighted by Crippen LogP contribution is -2.56. The van der Waals surface area contributed by atoms with Crippen molar-refractivity contribution in [1.29, 1.82) is 0 Å². The van der Waals surface area contributed by atoms with Crippen LogP contribution < -0.4 is 10.0 Å². The molecule has 84 valence electrons. The molecule has 1 saturated heterocycles. The van der Waals surface area contributed by atoms with Crippen LogP contribution in [0, 0.1) is 13.8 Å². The second kappa shape index (κ2) is 3.86. The molecule has 15 heavy (non-hydrogen) atoms. The standard InChI is InChI=1S/C9H14N2O2S2/c1-6-3-9(7(2)14-6)15(12,13)11-8-4-10-5-8/h3,8,10-11H,4-5H2,1-2H3. The monoisotopic (exact) mass is 246 g/mol. The maximum Gasteiger partial charge on any atom is 0.242 e. The van der Waals surface area contributed by atoms with Gasteiger partial charge >= 0.3 is 0 Å². The molecule has 2 rings (SSSR count). The molecule has 1 aliphatic rings. The molecule has 2 heterocycles. The Hall–Kier alpha value is -0.430. The van der Waals surface area contributed by atoms with E-state index in [1.807, 2.05) is 13.8 Å². The first-order valence-electron chi connectivity index (χ1n) is 4.79. The molecule has 0 bridgehead atoms. The zero-order chi connectivity index (χ0) is 11.1. The molecule has 1 fully saturated rings. The zero-order valence-electron chi connectivity index (χ0n) is 8.70. The third-order valence-electron chi connectivity index (χ3n) is 2.39. The highest BCUT2D eigenvalue weighted by Gasteiger charge is 2.26. The fourth-order valence-corrected chi connectivity index (χ4v) is 4.32. The molecule has 1 aromatic rings. The fraction of sp³-hybridized carbons (Fsp3) is 0.556. The smallest absolute Gasteiger partial charge is 0.242 e. The van der Waals surface area contributed by atoms with E-state index in [0.29, 0.717) is 4.90 Å². The Kier molecular flexibility index (Phi) is 2.85. The lowest BCUT2D eigenvalue weighted by molar-refractivity contribution is 0.410. The van der Waals surface area contributed by atoms with Gasteiger partial charge in [-0.3, -0.25) is 0 Å². The molecule has 0 saturated carbocycles. The predicted molar refractivity (Wildman–Crippen MR) is 60.8 cm³/mol. The summed E-state index contributed by atoms with van der Waals surface area (Å²) in [7, 11) is -3.31. The minimum atomic E-state index is -3.31. The van der Waals surface area contributed by atoms with E-state index in [0.717, 1.165) is 22.8 Å². The van der Waals surface area contributed by atoms with Crippen LogP contribution in [-0.4, -0.2) is 27.5 Å². The van der Waals surface area contributed by atoms with Crippen molar-refractivity contribution in [1.82, 2.24) is 10.0 Å². The van der Waals surface area contributed by atoms with Crippen LogP contribution in [0.15, 0.2) is 11.0 Å². The molecule has 0 aromatic carbocycles. The Bertz CT molecular complexity index is 460. The minimum Gasteiger partial charge on any atom is -0.313 e. The Morgan fingerprint density at radius 2 is 2.13 bits per heavy atom. The summed E-state index contributed by atoms with van der Waals surface area (Å²) in [6, 6.07) is 1.78. The summed E-state index contributed by atoms with van der Waals surface area (Å²) < 4.78 is 26.6. The third-order valence-corrected chi connectivity index (χ3v) is 5.13. The van der Waals surface area contributed by atoms with Crippen molar-refractivity contribution in [2.24, 2.45) is 0 Å². The van der Waals surface area contributed by atoms with Gasteiger partial charge in [-0.1, -0.05) is 0 Å². The Balaban J connectivity index is 2.24. The van der Waals surface area contributed by atoms with Crippen molar-refractivity contribution in [3.8, 4) is 0 Å². The normalized spacial score (nSPS) is 17.7. The van der Waals surface area contributed by atoms with Crippen LogP contribution in [0.4, 0.5) is 0 Å². The molecule has 2 N–H and O–H groups in total. The van der Waals surface area contributed by atoms with Crippen molar-refractivity contribution in [2.75, 3.05) is 13.1 Å². The van der Waals surface area contributed by atoms with Crippen LogP contribution in [-0.2, 0) is 10.0 Å². The fourth-order valence-electron chi connectivity index (χ4n) is 1.53. The highest BCUT2D eigenvalue weighted by Crippen LogP contribution is 2.24. The Morgan fingerprint density at radius 1 is 1.47 bits per heavy atom. The van der Waals surface area contributed by atoms with Crippen LogP contribution >= 0.6 is 11.3 Å². The molecule has 0 radical (unpaired) electrons. The first-order valence-corrected chi connectivity index (χ1v) is 7.09. The quantitative estimate of drug-likeness (QED) is 0.822. The predicted octanol–water partition coefficient (Wildman–Crippen LogP) is 0.615. The number of rotatable bonds is 3. The summed E-state index contributed by atoms with van der Waals surface area (Å²) in [5.41, 5.74) is 0. The van der Waals surface area contributed by atoms with Gasteiger partial charge in [0.25, 0.3) is 0 Å². The number of aryl methyl sites for hydroxylation is 2. The van der Waals surface area contributed by atoms with Crippen molar-refractivity contribution in [3.63, 3.8) is 0 Å². The summed E-state index contributed by atoms with van der Waals surface area (Å²) in [5, 5.41) is 3.03. The van der Waals surface area contributed by atoms with Crippen molar-refractivity contribution in [2.45, 2.75) is 24.8 Å². The number of nitrogens with one attached hydrogen (secondary N) is 2. The van der Waals surface area contributed by atoms with Crippen LogP contribution in [0.3, 0.4) is 0 Å². The van der Waals surface area contributed by atoms with Gasteiger partial charge in [-0.2, -0.15) is 0 Å². The third kappa shape index (κ3) is 2.23. The van der Waals surface area contributed by atoms with Gasteiger partial charge in [-0.25, -0.2) is 13.1 Å². The molecule has 0 aliphatic carbocycles. The summed E-state index contributed by atoms with van der Waals surface area (Å²) in [5.74, 6) is 0. The van der Waals surface area contributed by atoms with Gasteiger partial charge in [0.05, 0.1) is 4.90 Å². The van der Waals surface area contributed by atoms with Gasteiger partial charge in [-0.15, -0.1) is 11.3 Å². The van der Waals surface area contributed by atoms with E-state index >= 15 is 0 Å². The highest BCUT2D eigenvalue weighted by atomic mass is 32.2. The zero-order valence-corrected chi connectivity index (χ0v) is 10.3. The molecule has 6 heteroatoms. The van der Waals surface area contributed by atoms with Crippen LogP contribution in [0.25, 0.3) is 0 Å². The number of sulfonamides is 1. The first-order chi connectivity index (χ1) is 6.99. The van der Waals surface area contributed by atoms with Crippen molar-refractivity contribution in [3.05, 3.63) is 15.8 Å². The summed E-state index contributed by atoms with van der Waals surface area (Å²) in [6.45, 7) is 5.20. The van der Waals surface area contributed by atoms with Gasteiger partial charge in [0.1, 0.15) is 0 Å². The van der Waals surface area contributed by atoms with Crippen molar-refractivity contribution >= 4 is 21.4 Å². The highest BCUT2D eigenvalue weighted by molar-refractivity contribution is 7.89. The SMILES string of the molecule is Cc1cc(S(=O)(=O)NC2CNC2)c(C)s1. The summed E-state index contributed by atoms with van der Waals surface area (Å²) in [6.07, 6.45) is 0. The van der Waals surface area contributed by atoms with E-state index < -0.39 is 10.0 Å². The largest absolute Gasteiger partial charge is 0.313 e. The van der Waals surface area contributed by atoms with Gasteiger partial charge in [0.15, 0.2) is 0 Å². The van der Waals surface area contributed by atoms with E-state index in [2.05, 4.69) is 10.0 Å². The van der Waals surface area contributed by atoms with E-state index in [9.17, 15) is 8.42 Å². The molecule has 1 aliphatic heterocycles. The van der Waals surface area contributed by atoms with Crippen LogP contribution in [0.5, 0.6) is 0 Å². The molecular formula is C9H14N2O2S2. The second-order valence-electron chi connectivity index (χ2n) is 3.75. The molecular weight excluding hydrogens is 232 g/mol. The topological polar surface area (TPSA) is 58.2 Å². The van der Waals surface area contributed by atoms with Crippen LogP contribution in [0.2, 0.25) is 0 Å². The maximum atomic E-state index is 11.9. The maximum absolute atomic E-state index is 11.9. The van der Waals surface area contributed by atoms with E-state index in [1.165, 1.54) is 11.3 Å². The van der Waals surface area contributed by atoms with Gasteiger partial charge in [0.2, 0.25) is 10.0 Å². The average Bonchev–Trinajstić information content (AvgIpc) is 2.39. The molecule has 0 spiro atoms. The molecule has 0 amide bonds. The number of thiophene rings is 1. The van der Waals surface area contributed by atoms with E-state index in [1.54, 1.807) is 6.07 Å². The average molecular weight is 246 g/mol. The number of hydrogen-bond acceptors (Lipinski definition) is 4. The minimum absolute atomic E-state index is 0.0506. The van der Waals surface area contributed by atoms with Gasteiger partial charge < -0.3 is 5.32 Å². The van der Waals surface area contributed by atoms with Gasteiger partial charge in [0, 0.05) is 28.9 Å². The van der Waals surface area contributed by atoms with Crippen molar-refractivity contribution < 1.29 is 8.42 Å².